The van der Waals surface area contributed by atoms with E-state index in [4.69, 9.17) is 14.4 Å². The number of hydrogen-bond acceptors (Lipinski definition) is 4. The molecule has 0 radical (unpaired) electrons. The quantitative estimate of drug-likeness (QED) is 0.711. The standard InChI is InChI=1S/C23H36BNO4/c1-6-19-18(16-17-10-13-25(14-11-17)15-12-21(26)27)8-7-9-20(19)24-28-22(2,3)23(4,5)29-24/h7-9,17H,6,10-16H2,1-5H3,(H,26,27). The van der Waals surface area contributed by atoms with Crippen molar-refractivity contribution in [3.8, 4) is 0 Å². The van der Waals surface area contributed by atoms with Crippen molar-refractivity contribution in [3.05, 3.63) is 29.3 Å². The van der Waals surface area contributed by atoms with Crippen LogP contribution in [0.25, 0.3) is 0 Å². The lowest BCUT2D eigenvalue weighted by Crippen LogP contribution is -2.41. The summed E-state index contributed by atoms with van der Waals surface area (Å²) in [5.41, 5.74) is 3.27. The Labute approximate surface area is 175 Å². The van der Waals surface area contributed by atoms with Gasteiger partial charge in [0.25, 0.3) is 0 Å². The van der Waals surface area contributed by atoms with Crippen LogP contribution in [0.1, 0.15) is 65.0 Å². The lowest BCUT2D eigenvalue weighted by atomic mass is 9.73. The minimum Gasteiger partial charge on any atom is -0.481 e. The van der Waals surface area contributed by atoms with Crippen LogP contribution in [-0.2, 0) is 26.9 Å². The van der Waals surface area contributed by atoms with Gasteiger partial charge >= 0.3 is 13.1 Å². The monoisotopic (exact) mass is 401 g/mol. The third kappa shape index (κ3) is 5.04. The number of nitrogens with zero attached hydrogens (tertiary/aromatic N) is 1. The number of rotatable bonds is 7. The van der Waals surface area contributed by atoms with E-state index in [0.29, 0.717) is 12.5 Å². The van der Waals surface area contributed by atoms with Crippen molar-refractivity contribution in [2.75, 3.05) is 19.6 Å². The van der Waals surface area contributed by atoms with E-state index in [2.05, 4.69) is 57.7 Å². The number of carboxylic acid groups (broad SMARTS) is 1. The second-order valence-corrected chi connectivity index (χ2v) is 9.56. The van der Waals surface area contributed by atoms with Gasteiger partial charge in [0.2, 0.25) is 0 Å². The minimum absolute atomic E-state index is 0.237. The molecule has 2 heterocycles. The molecule has 2 aliphatic rings. The van der Waals surface area contributed by atoms with Gasteiger partial charge in [0.15, 0.2) is 0 Å². The van der Waals surface area contributed by atoms with Crippen molar-refractivity contribution in [1.82, 2.24) is 4.90 Å². The number of likely N-dealkylation sites (tertiary alicyclic amines) is 1. The van der Waals surface area contributed by atoms with Crippen molar-refractivity contribution >= 4 is 18.6 Å². The van der Waals surface area contributed by atoms with E-state index in [1.165, 1.54) is 16.6 Å². The Morgan fingerprint density at radius 2 is 1.79 bits per heavy atom. The van der Waals surface area contributed by atoms with E-state index in [-0.39, 0.29) is 24.7 Å². The molecule has 2 aliphatic heterocycles. The first kappa shape index (κ1) is 22.3. The van der Waals surface area contributed by atoms with Crippen molar-refractivity contribution in [2.45, 2.75) is 77.9 Å². The van der Waals surface area contributed by atoms with Crippen LogP contribution in [0.5, 0.6) is 0 Å². The predicted octanol–water partition coefficient (Wildman–Crippen LogP) is 3.28. The van der Waals surface area contributed by atoms with Gasteiger partial charge in [-0.25, -0.2) is 0 Å². The molecule has 1 aromatic carbocycles. The van der Waals surface area contributed by atoms with E-state index in [9.17, 15) is 4.79 Å². The first-order valence-electron chi connectivity index (χ1n) is 11.0. The summed E-state index contributed by atoms with van der Waals surface area (Å²) in [5.74, 6) is -0.0610. The molecule has 3 rings (SSSR count). The maximum atomic E-state index is 10.8. The van der Waals surface area contributed by atoms with Crippen LogP contribution < -0.4 is 5.46 Å². The van der Waals surface area contributed by atoms with E-state index in [1.807, 2.05) is 0 Å². The Kier molecular flexibility index (Phi) is 6.76. The minimum atomic E-state index is -0.709. The van der Waals surface area contributed by atoms with Crippen LogP contribution in [0.15, 0.2) is 18.2 Å². The van der Waals surface area contributed by atoms with Crippen molar-refractivity contribution in [3.63, 3.8) is 0 Å². The van der Waals surface area contributed by atoms with Crippen molar-refractivity contribution in [1.29, 1.82) is 0 Å². The fourth-order valence-corrected chi connectivity index (χ4v) is 4.45. The summed E-state index contributed by atoms with van der Waals surface area (Å²) in [4.78, 5) is 13.1. The van der Waals surface area contributed by atoms with Crippen LogP contribution in [0.3, 0.4) is 0 Å². The summed E-state index contributed by atoms with van der Waals surface area (Å²) in [6.07, 6.45) is 4.53. The summed E-state index contributed by atoms with van der Waals surface area (Å²) in [7, 11) is -0.312. The molecule has 5 nitrogen and oxygen atoms in total. The van der Waals surface area contributed by atoms with E-state index in [1.54, 1.807) is 0 Å². The highest BCUT2D eigenvalue weighted by Crippen LogP contribution is 2.37. The first-order valence-corrected chi connectivity index (χ1v) is 11.0. The highest BCUT2D eigenvalue weighted by Gasteiger charge is 2.52. The molecule has 2 saturated heterocycles. The zero-order chi connectivity index (χ0) is 21.2. The van der Waals surface area contributed by atoms with Crippen LogP contribution in [0.2, 0.25) is 0 Å². The Balaban J connectivity index is 1.67. The summed E-state index contributed by atoms with van der Waals surface area (Å²) in [6.45, 7) is 13.3. The van der Waals surface area contributed by atoms with Crippen LogP contribution in [-0.4, -0.2) is 53.9 Å². The molecule has 29 heavy (non-hydrogen) atoms. The Morgan fingerprint density at radius 3 is 2.34 bits per heavy atom. The van der Waals surface area contributed by atoms with Crippen molar-refractivity contribution < 1.29 is 19.2 Å². The molecule has 160 valence electrons. The Morgan fingerprint density at radius 1 is 1.17 bits per heavy atom. The van der Waals surface area contributed by atoms with Gasteiger partial charge in [0.05, 0.1) is 17.6 Å². The molecule has 0 amide bonds. The normalized spacial score (nSPS) is 22.2. The fraction of sp³-hybridized carbons (Fsp3) is 0.696. The summed E-state index contributed by atoms with van der Waals surface area (Å²) >= 11 is 0. The van der Waals surface area contributed by atoms with Gasteiger partial charge in [0.1, 0.15) is 0 Å². The fourth-order valence-electron chi connectivity index (χ4n) is 4.45. The van der Waals surface area contributed by atoms with E-state index in [0.717, 1.165) is 38.8 Å². The number of benzene rings is 1. The third-order valence-electron chi connectivity index (χ3n) is 7.03. The van der Waals surface area contributed by atoms with Gasteiger partial charge in [-0.1, -0.05) is 25.1 Å². The molecule has 0 unspecified atom stereocenters. The van der Waals surface area contributed by atoms with Gasteiger partial charge in [-0.3, -0.25) is 4.79 Å². The molecular formula is C23H36BNO4. The highest BCUT2D eigenvalue weighted by molar-refractivity contribution is 6.62. The summed E-state index contributed by atoms with van der Waals surface area (Å²) in [5, 5.41) is 8.88. The number of piperidine rings is 1. The maximum absolute atomic E-state index is 10.8. The largest absolute Gasteiger partial charge is 0.495 e. The number of carbonyl (C=O) groups is 1. The number of hydrogen-bond donors (Lipinski definition) is 1. The second kappa shape index (κ2) is 8.79. The maximum Gasteiger partial charge on any atom is 0.495 e. The molecular weight excluding hydrogens is 365 g/mol. The smallest absolute Gasteiger partial charge is 0.481 e. The number of carboxylic acids is 1. The first-order chi connectivity index (χ1) is 13.6. The molecule has 0 atom stereocenters. The average molecular weight is 401 g/mol. The van der Waals surface area contributed by atoms with E-state index < -0.39 is 5.97 Å². The molecule has 2 fully saturated rings. The summed E-state index contributed by atoms with van der Waals surface area (Å²) < 4.78 is 12.6. The molecule has 0 bridgehead atoms. The van der Waals surface area contributed by atoms with Gasteiger partial charge in [-0.05, 0) is 89.0 Å². The van der Waals surface area contributed by atoms with Gasteiger partial charge < -0.3 is 19.3 Å². The zero-order valence-electron chi connectivity index (χ0n) is 18.7. The molecule has 0 aliphatic carbocycles. The Bertz CT molecular complexity index is 710. The highest BCUT2D eigenvalue weighted by atomic mass is 16.7. The van der Waals surface area contributed by atoms with Gasteiger partial charge in [-0.15, -0.1) is 0 Å². The predicted molar refractivity (Wildman–Crippen MR) is 117 cm³/mol. The summed E-state index contributed by atoms with van der Waals surface area (Å²) in [6, 6.07) is 6.54. The molecule has 1 aromatic rings. The van der Waals surface area contributed by atoms with Crippen LogP contribution >= 0.6 is 0 Å². The van der Waals surface area contributed by atoms with Crippen molar-refractivity contribution in [2.24, 2.45) is 5.92 Å². The van der Waals surface area contributed by atoms with Gasteiger partial charge in [0, 0.05) is 6.54 Å². The SMILES string of the molecule is CCc1c(CC2CCN(CCC(=O)O)CC2)cccc1B1OC(C)(C)C(C)(C)O1. The molecule has 0 spiro atoms. The lowest BCUT2D eigenvalue weighted by molar-refractivity contribution is -0.137. The number of aliphatic carboxylic acids is 1. The molecule has 0 aromatic heterocycles. The molecule has 1 N–H and O–H groups in total. The van der Waals surface area contributed by atoms with Crippen LogP contribution in [0.4, 0.5) is 0 Å². The zero-order valence-corrected chi connectivity index (χ0v) is 18.7. The second-order valence-electron chi connectivity index (χ2n) is 9.56. The molecule has 6 heteroatoms. The Hall–Kier alpha value is -1.37. The average Bonchev–Trinajstić information content (AvgIpc) is 2.88. The van der Waals surface area contributed by atoms with Gasteiger partial charge in [-0.2, -0.15) is 0 Å². The van der Waals surface area contributed by atoms with Crippen LogP contribution in [0, 0.1) is 5.92 Å². The topological polar surface area (TPSA) is 59.0 Å². The lowest BCUT2D eigenvalue weighted by Gasteiger charge is -2.32. The third-order valence-corrected chi connectivity index (χ3v) is 7.03. The molecule has 0 saturated carbocycles. The van der Waals surface area contributed by atoms with E-state index >= 15 is 0 Å².